The van der Waals surface area contributed by atoms with Gasteiger partial charge in [-0.2, -0.15) is 39.9 Å². The van der Waals surface area contributed by atoms with Gasteiger partial charge >= 0.3 is 22.2 Å². The molecule has 36 heavy (non-hydrogen) atoms. The molecule has 0 saturated carbocycles. The van der Waals surface area contributed by atoms with Gasteiger partial charge in [0.15, 0.2) is 6.20 Å². The van der Waals surface area contributed by atoms with Crippen LogP contribution < -0.4 is 10.0 Å². The summed E-state index contributed by atoms with van der Waals surface area (Å²) in [6, 6.07) is 6.77. The van der Waals surface area contributed by atoms with Gasteiger partial charge in [-0.15, -0.1) is 0 Å². The number of pyridine rings is 1. The number of aromatic nitrogens is 1. The first kappa shape index (κ1) is 28.4. The van der Waals surface area contributed by atoms with Crippen LogP contribution in [0, 0.1) is 5.21 Å². The average Bonchev–Trinajstić information content (AvgIpc) is 2.72. The summed E-state index contributed by atoms with van der Waals surface area (Å²) in [6.07, 6.45) is -5.12. The Morgan fingerprint density at radius 3 is 2.17 bits per heavy atom. The molecule has 3 aromatic rings. The Hall–Kier alpha value is -2.20. The maximum atomic E-state index is 14.8. The molecule has 3 rings (SSSR count). The molecule has 1 N–H and O–H groups in total. The Morgan fingerprint density at radius 1 is 0.972 bits per heavy atom. The molecule has 1 unspecified atom stereocenters. The third kappa shape index (κ3) is 5.54. The van der Waals surface area contributed by atoms with Crippen molar-refractivity contribution >= 4 is 66.1 Å². The van der Waals surface area contributed by atoms with Gasteiger partial charge in [0.1, 0.15) is 0 Å². The molecular formula is C20H9Br2F9N2O2S. The van der Waals surface area contributed by atoms with Crippen LogP contribution in [0.2, 0.25) is 0 Å². The monoisotopic (exact) mass is 670 g/mol. The topological polar surface area (TPSA) is 56.0 Å². The number of halogens is 11. The van der Waals surface area contributed by atoms with Crippen molar-refractivity contribution in [1.82, 2.24) is 0 Å². The largest absolute Gasteiger partial charge is 0.618 e. The van der Waals surface area contributed by atoms with E-state index >= 15 is 0 Å². The highest BCUT2D eigenvalue weighted by molar-refractivity contribution is 9.10. The van der Waals surface area contributed by atoms with E-state index in [-0.39, 0.29) is 23.2 Å². The third-order valence-corrected chi connectivity index (χ3v) is 6.67. The van der Waals surface area contributed by atoms with E-state index in [1.807, 2.05) is 5.32 Å². The van der Waals surface area contributed by atoms with E-state index in [1.165, 1.54) is 34.1 Å². The summed E-state index contributed by atoms with van der Waals surface area (Å²) in [5.41, 5.74) is -13.4. The quantitative estimate of drug-likeness (QED) is 0.0990. The van der Waals surface area contributed by atoms with Crippen LogP contribution in [0.5, 0.6) is 0 Å². The zero-order valence-corrected chi connectivity index (χ0v) is 20.9. The summed E-state index contributed by atoms with van der Waals surface area (Å²) in [5.74, 6) is -1.09. The van der Waals surface area contributed by atoms with E-state index in [2.05, 4.69) is 15.9 Å². The number of thioether (sulfide) groups is 1. The number of hydrogen-bond donors (Lipinski definition) is 1. The van der Waals surface area contributed by atoms with Crippen molar-refractivity contribution in [2.45, 2.75) is 27.1 Å². The van der Waals surface area contributed by atoms with E-state index in [4.69, 9.17) is 0 Å². The molecule has 1 atom stereocenters. The molecule has 1 heterocycles. The molecule has 0 aliphatic carbocycles. The van der Waals surface area contributed by atoms with E-state index in [1.54, 1.807) is 6.07 Å². The maximum Gasteiger partial charge on any atom is 0.446 e. The van der Waals surface area contributed by atoms with E-state index in [0.717, 1.165) is 12.3 Å². The molecule has 0 aliphatic heterocycles. The fraction of sp³-hybridized carbons (Fsp3) is 0.200. The molecule has 16 heteroatoms. The Kier molecular flexibility index (Phi) is 7.56. The van der Waals surface area contributed by atoms with Crippen molar-refractivity contribution in [1.29, 1.82) is 0 Å². The molecule has 0 aliphatic rings. The molecule has 0 fully saturated rings. The lowest BCUT2D eigenvalue weighted by molar-refractivity contribution is -0.577. The zero-order chi connectivity index (χ0) is 27.3. The number of carbonyl (C=O) groups is 1. The minimum absolute atomic E-state index is 0.0244. The van der Waals surface area contributed by atoms with Crippen molar-refractivity contribution in [3.8, 4) is 0 Å². The molecule has 4 nitrogen and oxygen atoms in total. The van der Waals surface area contributed by atoms with Gasteiger partial charge in [-0.25, -0.2) is 4.39 Å². The second-order valence-electron chi connectivity index (χ2n) is 7.09. The Bertz CT molecular complexity index is 1310. The van der Waals surface area contributed by atoms with Crippen molar-refractivity contribution in [3.05, 3.63) is 69.5 Å². The first-order chi connectivity index (χ1) is 16.3. The van der Waals surface area contributed by atoms with Crippen molar-refractivity contribution in [2.24, 2.45) is 0 Å². The molecule has 0 radical (unpaired) electrons. The van der Waals surface area contributed by atoms with Crippen LogP contribution in [0.1, 0.15) is 15.9 Å². The summed E-state index contributed by atoms with van der Waals surface area (Å²) in [7, 11) is 0. The fourth-order valence-electron chi connectivity index (χ4n) is 3.10. The van der Waals surface area contributed by atoms with Gasteiger partial charge in [0.05, 0.1) is 5.69 Å². The number of amides is 1. The smallest absolute Gasteiger partial charge is 0.446 e. The highest BCUT2D eigenvalue weighted by Gasteiger charge is 2.71. The normalized spacial score (nSPS) is 14.5. The number of hydrogen-bond acceptors (Lipinski definition) is 3. The molecule has 1 aromatic heterocycles. The van der Waals surface area contributed by atoms with Gasteiger partial charge in [0.25, 0.3) is 5.91 Å². The predicted octanol–water partition coefficient (Wildman–Crippen LogP) is 7.81. The minimum Gasteiger partial charge on any atom is -0.618 e. The zero-order valence-electron chi connectivity index (χ0n) is 16.9. The highest BCUT2D eigenvalue weighted by Crippen LogP contribution is 2.57. The number of carbonyl (C=O) groups excluding carboxylic acids is 1. The van der Waals surface area contributed by atoms with Gasteiger partial charge in [0.2, 0.25) is 5.52 Å². The van der Waals surface area contributed by atoms with Gasteiger partial charge in [0, 0.05) is 38.0 Å². The van der Waals surface area contributed by atoms with Crippen LogP contribution >= 0.6 is 43.6 Å². The number of anilines is 1. The Morgan fingerprint density at radius 2 is 1.61 bits per heavy atom. The Labute approximate surface area is 216 Å². The Balaban J connectivity index is 2.14. The predicted molar refractivity (Wildman–Crippen MR) is 120 cm³/mol. The van der Waals surface area contributed by atoms with E-state index in [0.29, 0.717) is 10.1 Å². The van der Waals surface area contributed by atoms with Gasteiger partial charge in [-0.05, 0) is 74.0 Å². The number of benzene rings is 2. The lowest BCUT2D eigenvalue weighted by atomic mass is 9.95. The SMILES string of the molecule is O=C(Nc1c(Br)cc(C(F)(C(F)(F)F)C(F)(F)Br)cc1SC(F)(F)F)c1ccc2ccc[n+]([O-])c2c1. The summed E-state index contributed by atoms with van der Waals surface area (Å²) >= 11 is 2.91. The van der Waals surface area contributed by atoms with Crippen LogP contribution in [0.3, 0.4) is 0 Å². The summed E-state index contributed by atoms with van der Waals surface area (Å²) in [6.45, 7) is 0. The molecule has 194 valence electrons. The summed E-state index contributed by atoms with van der Waals surface area (Å²) < 4.78 is 121. The molecular weight excluding hydrogens is 663 g/mol. The van der Waals surface area contributed by atoms with Crippen LogP contribution in [0.4, 0.5) is 45.2 Å². The van der Waals surface area contributed by atoms with Crippen molar-refractivity contribution in [3.63, 3.8) is 0 Å². The van der Waals surface area contributed by atoms with Gasteiger partial charge in [-0.1, -0.05) is 0 Å². The summed E-state index contributed by atoms with van der Waals surface area (Å²) in [5, 5.41) is 14.4. The van der Waals surface area contributed by atoms with Crippen LogP contribution in [-0.4, -0.2) is 22.4 Å². The van der Waals surface area contributed by atoms with Gasteiger partial charge < -0.3 is 10.5 Å². The van der Waals surface area contributed by atoms with E-state index in [9.17, 15) is 49.5 Å². The molecule has 0 spiro atoms. The lowest BCUT2D eigenvalue weighted by Gasteiger charge is -2.32. The first-order valence-electron chi connectivity index (χ1n) is 9.20. The van der Waals surface area contributed by atoms with Gasteiger partial charge in [-0.3, -0.25) is 4.79 Å². The number of alkyl halides is 10. The maximum absolute atomic E-state index is 14.8. The van der Waals surface area contributed by atoms with Crippen LogP contribution in [0.15, 0.2) is 58.0 Å². The standard InChI is InChI=1S/C20H9Br2F9N2O2S/c21-12-7-11(17(23,18(22,24)25)19(26,27)28)8-14(36-20(29,30)31)15(12)32-16(34)10-4-3-9-2-1-5-33(35)13(9)6-10/h1-8H,(H,32,34). The molecule has 0 saturated heterocycles. The number of nitrogens with one attached hydrogen (secondary N) is 1. The summed E-state index contributed by atoms with van der Waals surface area (Å²) in [4.78, 5) is 6.26. The minimum atomic E-state index is -6.25. The third-order valence-electron chi connectivity index (χ3n) is 4.72. The van der Waals surface area contributed by atoms with Crippen molar-refractivity contribution < 1.29 is 49.0 Å². The second kappa shape index (κ2) is 9.59. The average molecular weight is 672 g/mol. The first-order valence-corrected chi connectivity index (χ1v) is 11.6. The molecule has 0 bridgehead atoms. The van der Waals surface area contributed by atoms with Crippen molar-refractivity contribution in [2.75, 3.05) is 5.32 Å². The number of fused-ring (bicyclic) bond motifs is 1. The van der Waals surface area contributed by atoms with E-state index < -0.39 is 60.5 Å². The lowest BCUT2D eigenvalue weighted by Crippen LogP contribution is -2.49. The fourth-order valence-corrected chi connectivity index (χ4v) is 4.95. The number of rotatable bonds is 5. The highest BCUT2D eigenvalue weighted by atomic mass is 79.9. The second-order valence-corrected chi connectivity index (χ2v) is 10.1. The van der Waals surface area contributed by atoms with Crippen LogP contribution in [0.25, 0.3) is 10.9 Å². The van der Waals surface area contributed by atoms with Crippen LogP contribution in [-0.2, 0) is 5.67 Å². The molecule has 2 aromatic carbocycles. The molecule has 1 amide bonds. The number of nitrogens with zero attached hydrogens (tertiary/aromatic N) is 1.